The van der Waals surface area contributed by atoms with Gasteiger partial charge in [0, 0.05) is 31.7 Å². The smallest absolute Gasteiger partial charge is 0.220 e. The number of hydrogen-bond acceptors (Lipinski definition) is 3. The molecule has 0 spiro atoms. The molecule has 1 N–H and O–H groups in total. The largest absolute Gasteiger partial charge is 0.494 e. The molecule has 1 unspecified atom stereocenters. The molecule has 1 fully saturated rings. The van der Waals surface area contributed by atoms with Crippen molar-refractivity contribution in [2.24, 2.45) is 5.92 Å². The molecule has 1 heterocycles. The maximum absolute atomic E-state index is 13.0. The van der Waals surface area contributed by atoms with E-state index in [1.54, 1.807) is 0 Å². The molecule has 1 atom stereocenters. The average Bonchev–Trinajstić information content (AvgIpc) is 3.14. The van der Waals surface area contributed by atoms with Crippen LogP contribution in [0.4, 0.5) is 10.1 Å². The van der Waals surface area contributed by atoms with E-state index in [-0.39, 0.29) is 11.7 Å². The second-order valence-electron chi connectivity index (χ2n) is 6.65. The SMILES string of the molecule is O=C(CCCOc1ccccc1)NCC1CCN(c2ccc(F)cc2)C1. The fraction of sp³-hybridized carbons (Fsp3) is 0.381. The van der Waals surface area contributed by atoms with Gasteiger partial charge in [0.15, 0.2) is 0 Å². The molecule has 1 aliphatic rings. The number of hydrogen-bond donors (Lipinski definition) is 1. The number of carbonyl (C=O) groups excluding carboxylic acids is 1. The molecule has 1 saturated heterocycles. The Morgan fingerprint density at radius 3 is 2.69 bits per heavy atom. The standard InChI is InChI=1S/C21H25FN2O2/c22-18-8-10-19(11-9-18)24-13-12-17(16-24)15-23-21(25)7-4-14-26-20-5-2-1-3-6-20/h1-3,5-6,8-11,17H,4,7,12-16H2,(H,23,25). The fourth-order valence-corrected chi connectivity index (χ4v) is 3.17. The molecule has 0 aromatic heterocycles. The number of benzene rings is 2. The third-order valence-electron chi connectivity index (χ3n) is 4.63. The van der Waals surface area contributed by atoms with Crippen LogP contribution in [0, 0.1) is 11.7 Å². The molecule has 4 nitrogen and oxygen atoms in total. The lowest BCUT2D eigenvalue weighted by Gasteiger charge is -2.18. The van der Waals surface area contributed by atoms with E-state index in [0.717, 1.165) is 30.9 Å². The van der Waals surface area contributed by atoms with Gasteiger partial charge in [0.05, 0.1) is 6.61 Å². The molecular weight excluding hydrogens is 331 g/mol. The van der Waals surface area contributed by atoms with E-state index in [9.17, 15) is 9.18 Å². The first kappa shape index (κ1) is 18.2. The number of carbonyl (C=O) groups is 1. The summed E-state index contributed by atoms with van der Waals surface area (Å²) in [4.78, 5) is 14.2. The quantitative estimate of drug-likeness (QED) is 0.735. The van der Waals surface area contributed by atoms with E-state index in [1.165, 1.54) is 12.1 Å². The van der Waals surface area contributed by atoms with Crippen molar-refractivity contribution in [1.82, 2.24) is 5.32 Å². The van der Waals surface area contributed by atoms with Crippen LogP contribution < -0.4 is 15.0 Å². The van der Waals surface area contributed by atoms with Crippen molar-refractivity contribution in [3.63, 3.8) is 0 Å². The van der Waals surface area contributed by atoms with Gasteiger partial charge in [0.2, 0.25) is 5.91 Å². The summed E-state index contributed by atoms with van der Waals surface area (Å²) in [5.41, 5.74) is 1.04. The van der Waals surface area contributed by atoms with E-state index in [2.05, 4.69) is 10.2 Å². The Kier molecular flexibility index (Phi) is 6.47. The van der Waals surface area contributed by atoms with E-state index >= 15 is 0 Å². The van der Waals surface area contributed by atoms with Gasteiger partial charge >= 0.3 is 0 Å². The Hall–Kier alpha value is -2.56. The topological polar surface area (TPSA) is 41.6 Å². The van der Waals surface area contributed by atoms with E-state index in [4.69, 9.17) is 4.74 Å². The van der Waals surface area contributed by atoms with Crippen LogP contribution in [0.2, 0.25) is 0 Å². The summed E-state index contributed by atoms with van der Waals surface area (Å²) >= 11 is 0. The first-order chi connectivity index (χ1) is 12.7. The van der Waals surface area contributed by atoms with Crippen molar-refractivity contribution >= 4 is 11.6 Å². The Bertz CT molecular complexity index is 691. The molecule has 0 saturated carbocycles. The summed E-state index contributed by atoms with van der Waals surface area (Å²) in [5.74, 6) is 1.12. The number of rotatable bonds is 8. The Balaban J connectivity index is 1.30. The average molecular weight is 356 g/mol. The lowest BCUT2D eigenvalue weighted by Crippen LogP contribution is -2.31. The van der Waals surface area contributed by atoms with Gasteiger partial charge in [-0.05, 0) is 55.2 Å². The molecule has 1 aliphatic heterocycles. The van der Waals surface area contributed by atoms with Crippen LogP contribution in [0.15, 0.2) is 54.6 Å². The lowest BCUT2D eigenvalue weighted by atomic mass is 10.1. The Morgan fingerprint density at radius 1 is 1.15 bits per heavy atom. The molecule has 0 bridgehead atoms. The second kappa shape index (κ2) is 9.22. The predicted molar refractivity (Wildman–Crippen MR) is 101 cm³/mol. The van der Waals surface area contributed by atoms with E-state index < -0.39 is 0 Å². The summed E-state index contributed by atoms with van der Waals surface area (Å²) in [6.45, 7) is 3.06. The summed E-state index contributed by atoms with van der Waals surface area (Å²) in [6, 6.07) is 16.2. The van der Waals surface area contributed by atoms with E-state index in [0.29, 0.717) is 31.9 Å². The van der Waals surface area contributed by atoms with Gasteiger partial charge < -0.3 is 15.0 Å². The first-order valence-electron chi connectivity index (χ1n) is 9.16. The minimum absolute atomic E-state index is 0.0712. The van der Waals surface area contributed by atoms with Crippen molar-refractivity contribution in [2.45, 2.75) is 19.3 Å². The number of para-hydroxylation sites is 1. The normalized spacial score (nSPS) is 16.5. The Morgan fingerprint density at radius 2 is 1.92 bits per heavy atom. The zero-order chi connectivity index (χ0) is 18.2. The van der Waals surface area contributed by atoms with Gasteiger partial charge in [0.1, 0.15) is 11.6 Å². The van der Waals surface area contributed by atoms with Crippen molar-refractivity contribution in [3.05, 3.63) is 60.4 Å². The molecule has 2 aromatic carbocycles. The molecule has 26 heavy (non-hydrogen) atoms. The fourth-order valence-electron chi connectivity index (χ4n) is 3.17. The van der Waals surface area contributed by atoms with Crippen molar-refractivity contribution < 1.29 is 13.9 Å². The maximum Gasteiger partial charge on any atom is 0.220 e. The van der Waals surface area contributed by atoms with Crippen molar-refractivity contribution in [3.8, 4) is 5.75 Å². The van der Waals surface area contributed by atoms with Gasteiger partial charge in [-0.2, -0.15) is 0 Å². The number of ether oxygens (including phenoxy) is 1. The van der Waals surface area contributed by atoms with Crippen molar-refractivity contribution in [1.29, 1.82) is 0 Å². The van der Waals surface area contributed by atoms with E-state index in [1.807, 2.05) is 42.5 Å². The molecule has 5 heteroatoms. The van der Waals surface area contributed by atoms with Gasteiger partial charge in [-0.25, -0.2) is 4.39 Å². The highest BCUT2D eigenvalue weighted by molar-refractivity contribution is 5.75. The van der Waals surface area contributed by atoms with Gasteiger partial charge in [-0.3, -0.25) is 4.79 Å². The zero-order valence-corrected chi connectivity index (χ0v) is 14.9. The maximum atomic E-state index is 13.0. The molecule has 1 amide bonds. The number of halogens is 1. The van der Waals surface area contributed by atoms with Crippen molar-refractivity contribution in [2.75, 3.05) is 31.1 Å². The van der Waals surface area contributed by atoms with Crippen LogP contribution in [0.25, 0.3) is 0 Å². The van der Waals surface area contributed by atoms with Crippen LogP contribution in [0.5, 0.6) is 5.75 Å². The minimum Gasteiger partial charge on any atom is -0.494 e. The third-order valence-corrected chi connectivity index (χ3v) is 4.63. The highest BCUT2D eigenvalue weighted by Gasteiger charge is 2.23. The molecule has 0 aliphatic carbocycles. The summed E-state index contributed by atoms with van der Waals surface area (Å²) in [6.07, 6.45) is 2.21. The number of anilines is 1. The first-order valence-corrected chi connectivity index (χ1v) is 9.16. The second-order valence-corrected chi connectivity index (χ2v) is 6.65. The summed E-state index contributed by atoms with van der Waals surface area (Å²) in [7, 11) is 0. The summed E-state index contributed by atoms with van der Waals surface area (Å²) < 4.78 is 18.6. The highest BCUT2D eigenvalue weighted by Crippen LogP contribution is 2.23. The third kappa shape index (κ3) is 5.48. The zero-order valence-electron chi connectivity index (χ0n) is 14.9. The number of nitrogens with zero attached hydrogens (tertiary/aromatic N) is 1. The van der Waals surface area contributed by atoms with Crippen LogP contribution in [0.3, 0.4) is 0 Å². The highest BCUT2D eigenvalue weighted by atomic mass is 19.1. The minimum atomic E-state index is -0.215. The van der Waals surface area contributed by atoms with Crippen LogP contribution in [0.1, 0.15) is 19.3 Å². The molecule has 3 rings (SSSR count). The molecular formula is C21H25FN2O2. The monoisotopic (exact) mass is 356 g/mol. The molecule has 0 radical (unpaired) electrons. The number of nitrogens with one attached hydrogen (secondary N) is 1. The van der Waals surface area contributed by atoms with Gasteiger partial charge in [0.25, 0.3) is 0 Å². The lowest BCUT2D eigenvalue weighted by molar-refractivity contribution is -0.121. The predicted octanol–water partition coefficient (Wildman–Crippen LogP) is 3.63. The van der Waals surface area contributed by atoms with Crippen LogP contribution in [-0.4, -0.2) is 32.1 Å². The Labute approximate surface area is 154 Å². The number of amides is 1. The summed E-state index contributed by atoms with van der Waals surface area (Å²) in [5, 5.41) is 3.02. The van der Waals surface area contributed by atoms with Gasteiger partial charge in [-0.15, -0.1) is 0 Å². The van der Waals surface area contributed by atoms with Gasteiger partial charge in [-0.1, -0.05) is 18.2 Å². The van der Waals surface area contributed by atoms with Crippen LogP contribution in [-0.2, 0) is 4.79 Å². The van der Waals surface area contributed by atoms with Crippen LogP contribution >= 0.6 is 0 Å². The molecule has 2 aromatic rings. The molecule has 138 valence electrons.